The Morgan fingerprint density at radius 1 is 1.04 bits per heavy atom. The number of fused-ring (bicyclic) bond motifs is 1. The van der Waals surface area contributed by atoms with Gasteiger partial charge in [0, 0.05) is 25.3 Å². The van der Waals surface area contributed by atoms with Gasteiger partial charge >= 0.3 is 0 Å². The summed E-state index contributed by atoms with van der Waals surface area (Å²) in [6, 6.07) is 19.9. The first-order valence-corrected chi connectivity index (χ1v) is 9.45. The zero-order valence-corrected chi connectivity index (χ0v) is 15.3. The molecule has 2 saturated heterocycles. The molecule has 0 radical (unpaired) electrons. The van der Waals surface area contributed by atoms with Gasteiger partial charge in [-0.3, -0.25) is 9.69 Å². The van der Waals surface area contributed by atoms with Crippen LogP contribution >= 0.6 is 0 Å². The van der Waals surface area contributed by atoms with Crippen LogP contribution in [-0.4, -0.2) is 42.6 Å². The van der Waals surface area contributed by atoms with Crippen LogP contribution in [0.4, 0.5) is 5.69 Å². The Morgan fingerprint density at radius 3 is 2.52 bits per heavy atom. The number of hydrogen-bond acceptors (Lipinski definition) is 4. The maximum Gasteiger partial charge on any atom is 0.253 e. The number of nitriles is 1. The van der Waals surface area contributed by atoms with Gasteiger partial charge in [-0.05, 0) is 42.7 Å². The topological polar surface area (TPSA) is 56.6 Å². The molecule has 0 aromatic heterocycles. The molecule has 5 nitrogen and oxygen atoms in total. The number of anilines is 1. The van der Waals surface area contributed by atoms with Crippen molar-refractivity contribution >= 4 is 11.6 Å². The van der Waals surface area contributed by atoms with Gasteiger partial charge in [-0.1, -0.05) is 30.3 Å². The van der Waals surface area contributed by atoms with E-state index in [1.165, 1.54) is 5.56 Å². The normalized spacial score (nSPS) is 23.4. The highest BCUT2D eigenvalue weighted by molar-refractivity contribution is 5.95. The predicted molar refractivity (Wildman–Crippen MR) is 103 cm³/mol. The van der Waals surface area contributed by atoms with E-state index in [0.717, 1.165) is 38.2 Å². The molecule has 0 saturated carbocycles. The second-order valence-electron chi connectivity index (χ2n) is 7.18. The fourth-order valence-corrected chi connectivity index (χ4v) is 4.06. The van der Waals surface area contributed by atoms with E-state index in [2.05, 4.69) is 11.0 Å². The molecule has 0 aliphatic carbocycles. The Bertz CT molecular complexity index is 829. The number of rotatable bonds is 3. The van der Waals surface area contributed by atoms with Crippen LogP contribution in [0.2, 0.25) is 0 Å². The van der Waals surface area contributed by atoms with E-state index in [-0.39, 0.29) is 24.7 Å². The van der Waals surface area contributed by atoms with Gasteiger partial charge in [0.2, 0.25) is 0 Å². The lowest BCUT2D eigenvalue weighted by Gasteiger charge is -2.40. The Balaban J connectivity index is 1.47. The van der Waals surface area contributed by atoms with Gasteiger partial charge < -0.3 is 9.64 Å². The van der Waals surface area contributed by atoms with Gasteiger partial charge in [-0.2, -0.15) is 5.26 Å². The molecule has 2 aromatic rings. The van der Waals surface area contributed by atoms with Gasteiger partial charge in [0.05, 0.1) is 23.8 Å². The molecule has 5 heteroatoms. The van der Waals surface area contributed by atoms with Gasteiger partial charge in [0.1, 0.15) is 6.61 Å². The van der Waals surface area contributed by atoms with Gasteiger partial charge in [0.15, 0.2) is 0 Å². The monoisotopic (exact) mass is 361 g/mol. The van der Waals surface area contributed by atoms with Crippen LogP contribution in [0.25, 0.3) is 0 Å². The second-order valence-corrected chi connectivity index (χ2v) is 7.18. The minimum atomic E-state index is 0.0444. The van der Waals surface area contributed by atoms with Crippen molar-refractivity contribution in [2.24, 2.45) is 0 Å². The van der Waals surface area contributed by atoms with Crippen LogP contribution in [0.3, 0.4) is 0 Å². The van der Waals surface area contributed by atoms with E-state index in [9.17, 15) is 4.79 Å². The number of para-hydroxylation sites is 1. The molecule has 0 unspecified atom stereocenters. The standard InChI is InChI=1S/C22H23N3O2/c23-14-17-6-8-18(9-7-17)15-24-12-10-20-21(11-13-24)27-16-22(26)25(20)19-4-2-1-3-5-19/h1-9,20-21H,10-13,15-16H2/t20-,21-/m0/s1. The minimum Gasteiger partial charge on any atom is -0.366 e. The molecule has 2 aliphatic heterocycles. The molecule has 4 rings (SSSR count). The number of morpholine rings is 1. The molecule has 2 atom stereocenters. The lowest BCUT2D eigenvalue weighted by molar-refractivity contribution is -0.132. The zero-order valence-electron chi connectivity index (χ0n) is 15.3. The quantitative estimate of drug-likeness (QED) is 0.843. The SMILES string of the molecule is N#Cc1ccc(CN2CC[C@@H]3OCC(=O)N(c4ccccc4)[C@H]3CC2)cc1. The fourth-order valence-electron chi connectivity index (χ4n) is 4.06. The van der Waals surface area contributed by atoms with Crippen LogP contribution in [0.15, 0.2) is 54.6 Å². The van der Waals surface area contributed by atoms with Crippen LogP contribution in [0, 0.1) is 11.3 Å². The first-order valence-electron chi connectivity index (χ1n) is 9.45. The van der Waals surface area contributed by atoms with E-state index in [0.29, 0.717) is 5.56 Å². The smallest absolute Gasteiger partial charge is 0.253 e. The predicted octanol–water partition coefficient (Wildman–Crippen LogP) is 2.95. The molecule has 0 bridgehead atoms. The third-order valence-electron chi connectivity index (χ3n) is 5.44. The first-order chi connectivity index (χ1) is 13.2. The lowest BCUT2D eigenvalue weighted by atomic mass is 10.0. The van der Waals surface area contributed by atoms with Crippen molar-refractivity contribution in [2.75, 3.05) is 24.6 Å². The van der Waals surface area contributed by atoms with E-state index < -0.39 is 0 Å². The maximum absolute atomic E-state index is 12.6. The maximum atomic E-state index is 12.6. The molecule has 2 aromatic carbocycles. The second kappa shape index (κ2) is 7.91. The largest absolute Gasteiger partial charge is 0.366 e. The third-order valence-corrected chi connectivity index (χ3v) is 5.44. The van der Waals surface area contributed by atoms with Gasteiger partial charge in [0.25, 0.3) is 5.91 Å². The molecule has 2 heterocycles. The lowest BCUT2D eigenvalue weighted by Crippen LogP contribution is -2.54. The molecule has 2 aliphatic rings. The van der Waals surface area contributed by atoms with E-state index in [4.69, 9.17) is 10.00 Å². The summed E-state index contributed by atoms with van der Waals surface area (Å²) in [6.07, 6.45) is 1.88. The molecular formula is C22H23N3O2. The summed E-state index contributed by atoms with van der Waals surface area (Å²) in [5.41, 5.74) is 2.85. The molecule has 0 N–H and O–H groups in total. The Hall–Kier alpha value is -2.68. The number of nitrogens with zero attached hydrogens (tertiary/aromatic N) is 3. The highest BCUT2D eigenvalue weighted by Crippen LogP contribution is 2.29. The molecule has 27 heavy (non-hydrogen) atoms. The Labute approximate surface area is 159 Å². The van der Waals surface area contributed by atoms with Crippen molar-refractivity contribution in [3.8, 4) is 6.07 Å². The average molecular weight is 361 g/mol. The van der Waals surface area contributed by atoms with Crippen molar-refractivity contribution in [1.82, 2.24) is 4.90 Å². The Kier molecular flexibility index (Phi) is 5.19. The van der Waals surface area contributed by atoms with Crippen molar-refractivity contribution < 1.29 is 9.53 Å². The average Bonchev–Trinajstić information content (AvgIpc) is 2.92. The molecule has 138 valence electrons. The number of benzene rings is 2. The fraction of sp³-hybridized carbons (Fsp3) is 0.364. The van der Waals surface area contributed by atoms with Crippen LogP contribution in [0.5, 0.6) is 0 Å². The zero-order chi connectivity index (χ0) is 18.6. The van der Waals surface area contributed by atoms with Gasteiger partial charge in [-0.25, -0.2) is 0 Å². The summed E-state index contributed by atoms with van der Waals surface area (Å²) in [5.74, 6) is 0.0444. The van der Waals surface area contributed by atoms with Crippen LogP contribution in [-0.2, 0) is 16.1 Å². The van der Waals surface area contributed by atoms with Crippen LogP contribution < -0.4 is 4.90 Å². The summed E-state index contributed by atoms with van der Waals surface area (Å²) in [7, 11) is 0. The van der Waals surface area contributed by atoms with E-state index in [1.807, 2.05) is 59.5 Å². The summed E-state index contributed by atoms with van der Waals surface area (Å²) >= 11 is 0. The first kappa shape index (κ1) is 17.7. The van der Waals surface area contributed by atoms with Gasteiger partial charge in [-0.15, -0.1) is 0 Å². The van der Waals surface area contributed by atoms with E-state index >= 15 is 0 Å². The highest BCUT2D eigenvalue weighted by atomic mass is 16.5. The summed E-state index contributed by atoms with van der Waals surface area (Å²) in [6.45, 7) is 2.87. The van der Waals surface area contributed by atoms with Crippen LogP contribution in [0.1, 0.15) is 24.0 Å². The minimum absolute atomic E-state index is 0.0444. The summed E-state index contributed by atoms with van der Waals surface area (Å²) in [4.78, 5) is 16.9. The molecule has 2 fully saturated rings. The summed E-state index contributed by atoms with van der Waals surface area (Å²) < 4.78 is 5.90. The number of amides is 1. The van der Waals surface area contributed by atoms with Crippen molar-refractivity contribution in [3.05, 3.63) is 65.7 Å². The Morgan fingerprint density at radius 2 is 1.78 bits per heavy atom. The molecule has 0 spiro atoms. The van der Waals surface area contributed by atoms with E-state index in [1.54, 1.807) is 0 Å². The highest BCUT2D eigenvalue weighted by Gasteiger charge is 2.39. The number of carbonyl (C=O) groups is 1. The molecule has 1 amide bonds. The van der Waals surface area contributed by atoms with Crippen molar-refractivity contribution in [1.29, 1.82) is 5.26 Å². The number of carbonyl (C=O) groups excluding carboxylic acids is 1. The van der Waals surface area contributed by atoms with Crippen molar-refractivity contribution in [3.63, 3.8) is 0 Å². The third kappa shape index (κ3) is 3.87. The number of likely N-dealkylation sites (tertiary alicyclic amines) is 1. The summed E-state index contributed by atoms with van der Waals surface area (Å²) in [5, 5.41) is 8.94. The van der Waals surface area contributed by atoms with Crippen molar-refractivity contribution in [2.45, 2.75) is 31.5 Å². The number of ether oxygens (including phenoxy) is 1. The number of hydrogen-bond donors (Lipinski definition) is 0. The molecular weight excluding hydrogens is 338 g/mol.